The van der Waals surface area contributed by atoms with E-state index in [1.165, 1.54) is 0 Å². The number of benzene rings is 1. The monoisotopic (exact) mass is 519 g/mol. The molecule has 0 spiro atoms. The van der Waals surface area contributed by atoms with Gasteiger partial charge in [0.25, 0.3) is 0 Å². The molecule has 5 atom stereocenters. The molecule has 1 aromatic rings. The summed E-state index contributed by atoms with van der Waals surface area (Å²) in [5.74, 6) is -2.81. The van der Waals surface area contributed by atoms with Crippen LogP contribution < -0.4 is 27.4 Å². The zero-order valence-electron chi connectivity index (χ0n) is 22.5. The molecular weight excluding hydrogens is 474 g/mol. The van der Waals surface area contributed by atoms with Crippen molar-refractivity contribution in [1.29, 1.82) is 0 Å². The van der Waals surface area contributed by atoms with Crippen LogP contribution in [0.5, 0.6) is 0 Å². The maximum Gasteiger partial charge on any atom is 0.326 e. The number of amides is 3. The van der Waals surface area contributed by atoms with Crippen molar-refractivity contribution in [1.82, 2.24) is 16.0 Å². The van der Waals surface area contributed by atoms with Crippen molar-refractivity contribution in [3.8, 4) is 0 Å². The van der Waals surface area contributed by atoms with E-state index < -0.39 is 47.9 Å². The van der Waals surface area contributed by atoms with E-state index in [9.17, 15) is 24.3 Å². The van der Waals surface area contributed by atoms with Crippen LogP contribution in [-0.2, 0) is 25.6 Å². The zero-order chi connectivity index (χ0) is 28.0. The summed E-state index contributed by atoms with van der Waals surface area (Å²) < 4.78 is 0. The molecule has 0 radical (unpaired) electrons. The van der Waals surface area contributed by atoms with Crippen molar-refractivity contribution in [2.45, 2.75) is 90.4 Å². The molecule has 0 heterocycles. The number of hydrogen-bond acceptors (Lipinski definition) is 6. The van der Waals surface area contributed by atoms with E-state index >= 15 is 0 Å². The second kappa shape index (κ2) is 16.7. The summed E-state index contributed by atoms with van der Waals surface area (Å²) in [6.07, 6.45) is 2.77. The lowest BCUT2D eigenvalue weighted by molar-refractivity contribution is -0.143. The van der Waals surface area contributed by atoms with Crippen molar-refractivity contribution < 1.29 is 24.3 Å². The van der Waals surface area contributed by atoms with Gasteiger partial charge in [-0.3, -0.25) is 14.4 Å². The second-order valence-corrected chi connectivity index (χ2v) is 10.0. The van der Waals surface area contributed by atoms with E-state index in [1.807, 2.05) is 51.1 Å². The largest absolute Gasteiger partial charge is 0.480 e. The number of nitrogens with two attached hydrogens (primary N) is 2. The molecule has 208 valence electrons. The highest BCUT2D eigenvalue weighted by atomic mass is 16.4. The number of rotatable bonds is 17. The van der Waals surface area contributed by atoms with Gasteiger partial charge in [-0.15, -0.1) is 0 Å². The molecule has 1 rings (SSSR count). The highest BCUT2D eigenvalue weighted by molar-refractivity contribution is 5.94. The standard InChI is InChI=1S/C27H45N5O5/c1-5-18(4)23(27(36)37)32-26(35)22(16-19-11-7-6-8-12-19)31-25(34)21(13-9-10-14-28)30-24(33)20(29)15-17(2)3/h6-8,11-12,17-18,20-23H,5,9-10,13-16,28-29H2,1-4H3,(H,30,33)(H,31,34)(H,32,35)(H,36,37). The molecule has 1 aromatic carbocycles. The maximum atomic E-state index is 13.3. The number of unbranched alkanes of at least 4 members (excludes halogenated alkanes) is 1. The SMILES string of the molecule is CCC(C)C(NC(=O)C(Cc1ccccc1)NC(=O)C(CCCCN)NC(=O)C(N)CC(C)C)C(=O)O. The number of carboxylic acids is 1. The van der Waals surface area contributed by atoms with Crippen LogP contribution in [0.2, 0.25) is 0 Å². The Balaban J connectivity index is 3.13. The molecule has 37 heavy (non-hydrogen) atoms. The summed E-state index contributed by atoms with van der Waals surface area (Å²) in [5.41, 5.74) is 12.4. The maximum absolute atomic E-state index is 13.3. The minimum Gasteiger partial charge on any atom is -0.480 e. The third kappa shape index (κ3) is 11.7. The first-order valence-electron chi connectivity index (χ1n) is 13.1. The number of nitrogens with one attached hydrogen (secondary N) is 3. The van der Waals surface area contributed by atoms with E-state index in [1.54, 1.807) is 6.92 Å². The average Bonchev–Trinajstić information content (AvgIpc) is 2.85. The van der Waals surface area contributed by atoms with Gasteiger partial charge in [-0.2, -0.15) is 0 Å². The topological polar surface area (TPSA) is 177 Å². The molecule has 0 aromatic heterocycles. The predicted octanol–water partition coefficient (Wildman–Crippen LogP) is 1.32. The van der Waals surface area contributed by atoms with Gasteiger partial charge in [0.2, 0.25) is 17.7 Å². The van der Waals surface area contributed by atoms with Crippen molar-refractivity contribution in [2.75, 3.05) is 6.54 Å². The normalized spacial score (nSPS) is 15.2. The van der Waals surface area contributed by atoms with Crippen LogP contribution in [-0.4, -0.2) is 59.5 Å². The third-order valence-corrected chi connectivity index (χ3v) is 6.33. The summed E-state index contributed by atoms with van der Waals surface area (Å²) in [6, 6.07) is 5.30. The summed E-state index contributed by atoms with van der Waals surface area (Å²) in [7, 11) is 0. The van der Waals surface area contributed by atoms with E-state index in [2.05, 4.69) is 16.0 Å². The molecule has 0 aliphatic heterocycles. The minimum absolute atomic E-state index is 0.154. The van der Waals surface area contributed by atoms with Gasteiger partial charge in [-0.05, 0) is 49.6 Å². The van der Waals surface area contributed by atoms with Gasteiger partial charge in [0.15, 0.2) is 0 Å². The molecule has 10 nitrogen and oxygen atoms in total. The zero-order valence-corrected chi connectivity index (χ0v) is 22.5. The van der Waals surface area contributed by atoms with Gasteiger partial charge >= 0.3 is 5.97 Å². The molecule has 5 unspecified atom stereocenters. The molecule has 0 aliphatic rings. The first-order valence-corrected chi connectivity index (χ1v) is 13.1. The van der Waals surface area contributed by atoms with Crippen LogP contribution in [0, 0.1) is 11.8 Å². The Kier molecular flexibility index (Phi) is 14.5. The Hall–Kier alpha value is -2.98. The fraction of sp³-hybridized carbons (Fsp3) is 0.630. The average molecular weight is 520 g/mol. The number of hydrogen-bond donors (Lipinski definition) is 6. The smallest absolute Gasteiger partial charge is 0.326 e. The molecule has 8 N–H and O–H groups in total. The molecule has 0 fully saturated rings. The van der Waals surface area contributed by atoms with Crippen molar-refractivity contribution in [3.63, 3.8) is 0 Å². The summed E-state index contributed by atoms with van der Waals surface area (Å²) in [4.78, 5) is 51.0. The first-order chi connectivity index (χ1) is 17.5. The fourth-order valence-electron chi connectivity index (χ4n) is 3.92. The van der Waals surface area contributed by atoms with Gasteiger partial charge in [-0.25, -0.2) is 4.79 Å². The van der Waals surface area contributed by atoms with Crippen LogP contribution in [0.25, 0.3) is 0 Å². The number of aliphatic carboxylic acids is 1. The molecular formula is C27H45N5O5. The molecule has 3 amide bonds. The Morgan fingerprint density at radius 1 is 0.892 bits per heavy atom. The predicted molar refractivity (Wildman–Crippen MR) is 143 cm³/mol. The van der Waals surface area contributed by atoms with Gasteiger partial charge < -0.3 is 32.5 Å². The Labute approximate surface area is 220 Å². The fourth-order valence-corrected chi connectivity index (χ4v) is 3.92. The lowest BCUT2D eigenvalue weighted by atomic mass is 9.98. The Morgan fingerprint density at radius 3 is 2.03 bits per heavy atom. The van der Waals surface area contributed by atoms with Gasteiger partial charge in [0.1, 0.15) is 18.1 Å². The molecule has 0 aliphatic carbocycles. The van der Waals surface area contributed by atoms with Crippen molar-refractivity contribution in [2.24, 2.45) is 23.3 Å². The highest BCUT2D eigenvalue weighted by Gasteiger charge is 2.32. The summed E-state index contributed by atoms with van der Waals surface area (Å²) >= 11 is 0. The van der Waals surface area contributed by atoms with Crippen LogP contribution in [0.15, 0.2) is 30.3 Å². The molecule has 10 heteroatoms. The highest BCUT2D eigenvalue weighted by Crippen LogP contribution is 2.11. The van der Waals surface area contributed by atoms with Crippen molar-refractivity contribution in [3.05, 3.63) is 35.9 Å². The number of carboxylic acid groups (broad SMARTS) is 1. The van der Waals surface area contributed by atoms with E-state index in [0.29, 0.717) is 38.6 Å². The van der Waals surface area contributed by atoms with Crippen LogP contribution in [0.1, 0.15) is 65.4 Å². The first kappa shape index (κ1) is 32.0. The van der Waals surface area contributed by atoms with E-state index in [4.69, 9.17) is 11.5 Å². The third-order valence-electron chi connectivity index (χ3n) is 6.33. The van der Waals surface area contributed by atoms with Gasteiger partial charge in [0.05, 0.1) is 6.04 Å². The molecule has 0 bridgehead atoms. The van der Waals surface area contributed by atoms with Gasteiger partial charge in [0, 0.05) is 6.42 Å². The molecule has 0 saturated carbocycles. The quantitative estimate of drug-likeness (QED) is 0.168. The minimum atomic E-state index is -1.14. The van der Waals surface area contributed by atoms with E-state index in [-0.39, 0.29) is 18.3 Å². The van der Waals surface area contributed by atoms with Crippen LogP contribution in [0.4, 0.5) is 0 Å². The summed E-state index contributed by atoms with van der Waals surface area (Å²) in [6.45, 7) is 7.94. The van der Waals surface area contributed by atoms with E-state index in [0.717, 1.165) is 5.56 Å². The number of carbonyl (C=O) groups is 4. The van der Waals surface area contributed by atoms with Crippen LogP contribution >= 0.6 is 0 Å². The lowest BCUT2D eigenvalue weighted by Crippen LogP contribution is -2.58. The molecule has 0 saturated heterocycles. The van der Waals surface area contributed by atoms with Crippen LogP contribution in [0.3, 0.4) is 0 Å². The Morgan fingerprint density at radius 2 is 1.49 bits per heavy atom. The second-order valence-electron chi connectivity index (χ2n) is 10.0. The summed E-state index contributed by atoms with van der Waals surface area (Å²) in [5, 5.41) is 17.7. The Bertz CT molecular complexity index is 864. The van der Waals surface area contributed by atoms with Crippen molar-refractivity contribution >= 4 is 23.7 Å². The van der Waals surface area contributed by atoms with Gasteiger partial charge in [-0.1, -0.05) is 64.4 Å². The lowest BCUT2D eigenvalue weighted by Gasteiger charge is -2.27. The number of carbonyl (C=O) groups excluding carboxylic acids is 3.